The highest BCUT2D eigenvalue weighted by Crippen LogP contribution is 2.36. The summed E-state index contributed by atoms with van der Waals surface area (Å²) >= 11 is 6.19. The van der Waals surface area contributed by atoms with Crippen LogP contribution in [0, 0.1) is 5.82 Å². The van der Waals surface area contributed by atoms with Crippen LogP contribution >= 0.6 is 11.6 Å². The highest BCUT2D eigenvalue weighted by Gasteiger charge is 2.46. The van der Waals surface area contributed by atoms with Gasteiger partial charge in [0.25, 0.3) is 0 Å². The molecule has 0 radical (unpaired) electrons. The first-order valence-electron chi connectivity index (χ1n) is 10.9. The van der Waals surface area contributed by atoms with Crippen LogP contribution in [0.1, 0.15) is 19.3 Å². The van der Waals surface area contributed by atoms with Gasteiger partial charge in [-0.1, -0.05) is 18.2 Å². The molecule has 0 spiro atoms. The minimum atomic E-state index is -4.74. The largest absolute Gasteiger partial charge is 0.490 e. The van der Waals surface area contributed by atoms with E-state index in [9.17, 15) is 22.4 Å². The number of carboxylic acid groups (broad SMARTS) is 1. The van der Waals surface area contributed by atoms with Crippen molar-refractivity contribution in [1.29, 1.82) is 0 Å². The molecule has 2 aromatic rings. The molecule has 1 atom stereocenters. The highest BCUT2D eigenvalue weighted by atomic mass is 35.5. The van der Waals surface area contributed by atoms with E-state index in [0.717, 1.165) is 5.01 Å². The van der Waals surface area contributed by atoms with Crippen LogP contribution in [0.3, 0.4) is 0 Å². The van der Waals surface area contributed by atoms with Crippen LogP contribution in [0.4, 0.5) is 28.9 Å². The van der Waals surface area contributed by atoms with Crippen LogP contribution in [0.25, 0.3) is 0 Å². The third-order valence-electron chi connectivity index (χ3n) is 5.94. The van der Waals surface area contributed by atoms with Gasteiger partial charge >= 0.3 is 12.1 Å². The summed E-state index contributed by atoms with van der Waals surface area (Å²) in [5, 5.41) is 14.3. The fraction of sp³-hybridized carbons (Fsp3) is 0.333. The molecule has 4 rings (SSSR count). The van der Waals surface area contributed by atoms with Crippen LogP contribution in [0.5, 0.6) is 5.75 Å². The molecule has 2 aliphatic heterocycles. The maximum absolute atomic E-state index is 13.6. The summed E-state index contributed by atoms with van der Waals surface area (Å²) in [7, 11) is 0. The molecule has 0 amide bonds. The molecular formula is C24H22ClF4N3O3. The second-order valence-corrected chi connectivity index (χ2v) is 8.73. The number of ether oxygens (including phenoxy) is 1. The number of alkyl halides is 3. The van der Waals surface area contributed by atoms with Crippen LogP contribution in [0.15, 0.2) is 59.7 Å². The zero-order chi connectivity index (χ0) is 25.3. The van der Waals surface area contributed by atoms with Gasteiger partial charge in [-0.05, 0) is 42.5 Å². The Balaban J connectivity index is 1.42. The number of carbonyl (C=O) groups is 1. The van der Waals surface area contributed by atoms with E-state index in [1.807, 2.05) is 4.90 Å². The Morgan fingerprint density at radius 3 is 2.43 bits per heavy atom. The molecule has 2 aliphatic rings. The van der Waals surface area contributed by atoms with Crippen LogP contribution < -0.4 is 14.6 Å². The summed E-state index contributed by atoms with van der Waals surface area (Å²) in [6.07, 6.45) is -4.09. The van der Waals surface area contributed by atoms with Crippen LogP contribution in [-0.4, -0.2) is 48.2 Å². The lowest BCUT2D eigenvalue weighted by molar-refractivity contribution is -0.137. The molecular weight excluding hydrogens is 490 g/mol. The number of hydrazone groups is 1. The van der Waals surface area contributed by atoms with Gasteiger partial charge in [0.2, 0.25) is 0 Å². The normalized spacial score (nSPS) is 19.2. The Bertz CT molecular complexity index is 1150. The van der Waals surface area contributed by atoms with Crippen molar-refractivity contribution >= 4 is 34.7 Å². The van der Waals surface area contributed by atoms with Gasteiger partial charge in [-0.3, -0.25) is 9.80 Å². The Morgan fingerprint density at radius 1 is 1.17 bits per heavy atom. The third-order valence-corrected chi connectivity index (χ3v) is 6.26. The van der Waals surface area contributed by atoms with E-state index < -0.39 is 30.3 Å². The number of nitrogens with zero attached hydrogens (tertiary/aromatic N) is 3. The van der Waals surface area contributed by atoms with Gasteiger partial charge in [-0.15, -0.1) is 0 Å². The Kier molecular flexibility index (Phi) is 6.93. The molecule has 1 saturated heterocycles. The average molecular weight is 512 g/mol. The van der Waals surface area contributed by atoms with Gasteiger partial charge in [0.15, 0.2) is 5.71 Å². The molecule has 0 aromatic heterocycles. The van der Waals surface area contributed by atoms with Crippen molar-refractivity contribution in [3.8, 4) is 5.75 Å². The van der Waals surface area contributed by atoms with E-state index in [1.165, 1.54) is 30.3 Å². The summed E-state index contributed by atoms with van der Waals surface area (Å²) in [6.45, 7) is 4.67. The standard InChI is InChI=1S/C24H22ClF4N3O3/c1-14-20(13-22(33)34)32(30-23(14)24(27,28)29)16-3-5-17(6-4-16)35-18-8-10-31(11-9-18)21-12-15(26)2-7-19(21)25/h2-7,12,18,20H,1,8-11,13H2,(H,33,34)/t20-/m0/s1. The first-order chi connectivity index (χ1) is 16.5. The van der Waals surface area contributed by atoms with Crippen molar-refractivity contribution in [1.82, 2.24) is 0 Å². The van der Waals surface area contributed by atoms with E-state index in [-0.39, 0.29) is 17.5 Å². The van der Waals surface area contributed by atoms with Gasteiger partial charge in [-0.2, -0.15) is 18.3 Å². The molecule has 0 bridgehead atoms. The van der Waals surface area contributed by atoms with Crippen molar-refractivity contribution in [2.45, 2.75) is 37.6 Å². The Hall–Kier alpha value is -3.27. The predicted octanol–water partition coefficient (Wildman–Crippen LogP) is 5.66. The molecule has 0 saturated carbocycles. The number of aliphatic carboxylic acids is 1. The number of hydrogen-bond acceptors (Lipinski definition) is 5. The summed E-state index contributed by atoms with van der Waals surface area (Å²) in [6, 6.07) is 9.36. The zero-order valence-electron chi connectivity index (χ0n) is 18.4. The van der Waals surface area contributed by atoms with Gasteiger partial charge in [-0.25, -0.2) is 4.39 Å². The molecule has 2 aromatic carbocycles. The molecule has 6 nitrogen and oxygen atoms in total. The second kappa shape index (κ2) is 9.77. The summed E-state index contributed by atoms with van der Waals surface area (Å²) < 4.78 is 59.5. The quantitative estimate of drug-likeness (QED) is 0.507. The van der Waals surface area contributed by atoms with Gasteiger partial charge in [0, 0.05) is 31.5 Å². The lowest BCUT2D eigenvalue weighted by Gasteiger charge is -2.34. The summed E-state index contributed by atoms with van der Waals surface area (Å²) in [5.41, 5.74) is -0.643. The molecule has 0 unspecified atom stereocenters. The molecule has 35 heavy (non-hydrogen) atoms. The van der Waals surface area contributed by atoms with E-state index in [0.29, 0.717) is 48.1 Å². The lowest BCUT2D eigenvalue weighted by Crippen LogP contribution is -2.38. The number of carboxylic acids is 1. The van der Waals surface area contributed by atoms with Crippen molar-refractivity contribution < 1.29 is 32.2 Å². The highest BCUT2D eigenvalue weighted by molar-refractivity contribution is 6.33. The average Bonchev–Trinajstić information content (AvgIpc) is 3.12. The monoisotopic (exact) mass is 511 g/mol. The van der Waals surface area contributed by atoms with Crippen molar-refractivity contribution in [3.63, 3.8) is 0 Å². The Morgan fingerprint density at radius 2 is 1.83 bits per heavy atom. The topological polar surface area (TPSA) is 65.4 Å². The smallest absolute Gasteiger partial charge is 0.435 e. The maximum Gasteiger partial charge on any atom is 0.435 e. The summed E-state index contributed by atoms with van der Waals surface area (Å²) in [5.74, 6) is -1.10. The maximum atomic E-state index is 13.6. The van der Waals surface area contributed by atoms with Crippen LogP contribution in [0.2, 0.25) is 5.02 Å². The Labute approximate surface area is 204 Å². The van der Waals surface area contributed by atoms with E-state index >= 15 is 0 Å². The number of anilines is 2. The molecule has 1 N–H and O–H groups in total. The minimum Gasteiger partial charge on any atom is -0.490 e. The van der Waals surface area contributed by atoms with Crippen LogP contribution in [-0.2, 0) is 4.79 Å². The van der Waals surface area contributed by atoms with Gasteiger partial charge < -0.3 is 14.7 Å². The molecule has 0 aliphatic carbocycles. The number of rotatable bonds is 6. The second-order valence-electron chi connectivity index (χ2n) is 8.32. The first-order valence-corrected chi connectivity index (χ1v) is 11.2. The molecule has 2 heterocycles. The summed E-state index contributed by atoms with van der Waals surface area (Å²) in [4.78, 5) is 13.2. The molecule has 186 valence electrons. The number of hydrogen-bond donors (Lipinski definition) is 1. The van der Waals surface area contributed by atoms with Crippen molar-refractivity contribution in [3.05, 3.63) is 65.5 Å². The van der Waals surface area contributed by atoms with E-state index in [4.69, 9.17) is 21.4 Å². The zero-order valence-corrected chi connectivity index (χ0v) is 19.2. The van der Waals surface area contributed by atoms with Gasteiger partial charge in [0.05, 0.1) is 28.9 Å². The van der Waals surface area contributed by atoms with Crippen molar-refractivity contribution in [2.75, 3.05) is 23.0 Å². The first kappa shape index (κ1) is 24.8. The fourth-order valence-electron chi connectivity index (χ4n) is 4.21. The van der Waals surface area contributed by atoms with E-state index in [1.54, 1.807) is 12.1 Å². The third kappa shape index (κ3) is 5.53. The van der Waals surface area contributed by atoms with E-state index in [2.05, 4.69) is 11.7 Å². The minimum absolute atomic E-state index is 0.106. The fourth-order valence-corrected chi connectivity index (χ4v) is 4.45. The predicted molar refractivity (Wildman–Crippen MR) is 125 cm³/mol. The number of halogens is 5. The van der Waals surface area contributed by atoms with Crippen molar-refractivity contribution in [2.24, 2.45) is 5.10 Å². The van der Waals surface area contributed by atoms with Gasteiger partial charge in [0.1, 0.15) is 17.7 Å². The number of piperidine rings is 1. The molecule has 1 fully saturated rings. The molecule has 11 heteroatoms. The number of benzene rings is 2. The SMILES string of the molecule is C=C1C(C(F)(F)F)=NN(c2ccc(OC3CCN(c4cc(F)ccc4Cl)CC3)cc2)[C@H]1CC(=O)O. The lowest BCUT2D eigenvalue weighted by atomic mass is 10.0.